The number of rotatable bonds is 4. The third kappa shape index (κ3) is 3.14. The van der Waals surface area contributed by atoms with Crippen molar-refractivity contribution in [2.45, 2.75) is 32.4 Å². The minimum atomic E-state index is 0.364. The first-order valence-electron chi connectivity index (χ1n) is 7.17. The summed E-state index contributed by atoms with van der Waals surface area (Å²) in [4.78, 5) is 2.46. The van der Waals surface area contributed by atoms with Crippen molar-refractivity contribution in [1.82, 2.24) is 10.1 Å². The van der Waals surface area contributed by atoms with Gasteiger partial charge in [0.1, 0.15) is 17.2 Å². The minimum Gasteiger partial charge on any atom is -0.496 e. The molecule has 1 aliphatic rings. The third-order valence-electron chi connectivity index (χ3n) is 3.95. The third-order valence-corrected chi connectivity index (χ3v) is 4.57. The lowest BCUT2D eigenvalue weighted by molar-refractivity contribution is 0.236. The van der Waals surface area contributed by atoms with Crippen LogP contribution in [0.5, 0.6) is 5.75 Å². The highest BCUT2D eigenvalue weighted by Crippen LogP contribution is 2.34. The van der Waals surface area contributed by atoms with Gasteiger partial charge in [-0.2, -0.15) is 0 Å². The molecule has 1 atom stereocenters. The standard InChI is InChI=1S/C16H19BrN2O2/c1-11-8-14(18-21-11)15-4-3-7-19(15)10-12-5-6-16(20-2)13(17)9-12/h5-6,8-9,15H,3-4,7,10H2,1-2H3/t15-/m1/s1. The van der Waals surface area contributed by atoms with E-state index in [1.54, 1.807) is 7.11 Å². The average Bonchev–Trinajstić information content (AvgIpc) is 3.08. The summed E-state index contributed by atoms with van der Waals surface area (Å²) in [7, 11) is 1.68. The van der Waals surface area contributed by atoms with E-state index in [0.29, 0.717) is 6.04 Å². The van der Waals surface area contributed by atoms with Crippen LogP contribution in [0.2, 0.25) is 0 Å². The van der Waals surface area contributed by atoms with Crippen molar-refractivity contribution < 1.29 is 9.26 Å². The van der Waals surface area contributed by atoms with Gasteiger partial charge >= 0.3 is 0 Å². The molecule has 1 aromatic carbocycles. The van der Waals surface area contributed by atoms with E-state index in [-0.39, 0.29) is 0 Å². The summed E-state index contributed by atoms with van der Waals surface area (Å²) in [6.45, 7) is 3.95. The van der Waals surface area contributed by atoms with Crippen molar-refractivity contribution in [2.75, 3.05) is 13.7 Å². The summed E-state index contributed by atoms with van der Waals surface area (Å²) < 4.78 is 11.5. The first kappa shape index (κ1) is 14.6. The Bertz CT molecular complexity index is 626. The van der Waals surface area contributed by atoms with Crippen molar-refractivity contribution in [3.05, 3.63) is 45.8 Å². The van der Waals surface area contributed by atoms with E-state index in [1.165, 1.54) is 12.0 Å². The molecule has 0 amide bonds. The van der Waals surface area contributed by atoms with Crippen molar-refractivity contribution >= 4 is 15.9 Å². The Hall–Kier alpha value is -1.33. The Balaban J connectivity index is 1.75. The first-order valence-corrected chi connectivity index (χ1v) is 7.96. The van der Waals surface area contributed by atoms with Gasteiger partial charge in [0, 0.05) is 12.6 Å². The highest BCUT2D eigenvalue weighted by atomic mass is 79.9. The zero-order chi connectivity index (χ0) is 14.8. The van der Waals surface area contributed by atoms with Crippen LogP contribution < -0.4 is 4.74 Å². The van der Waals surface area contributed by atoms with Crippen molar-refractivity contribution in [2.24, 2.45) is 0 Å². The summed E-state index contributed by atoms with van der Waals surface area (Å²) in [5.74, 6) is 1.74. The number of methoxy groups -OCH3 is 1. The fraction of sp³-hybridized carbons (Fsp3) is 0.438. The molecular formula is C16H19BrN2O2. The molecule has 1 saturated heterocycles. The highest BCUT2D eigenvalue weighted by molar-refractivity contribution is 9.10. The van der Waals surface area contributed by atoms with Gasteiger partial charge in [-0.15, -0.1) is 0 Å². The van der Waals surface area contributed by atoms with Crippen LogP contribution in [-0.4, -0.2) is 23.7 Å². The molecule has 21 heavy (non-hydrogen) atoms. The number of nitrogens with zero attached hydrogens (tertiary/aromatic N) is 2. The largest absolute Gasteiger partial charge is 0.496 e. The molecule has 0 bridgehead atoms. The highest BCUT2D eigenvalue weighted by Gasteiger charge is 2.28. The molecular weight excluding hydrogens is 332 g/mol. The maximum Gasteiger partial charge on any atom is 0.133 e. The van der Waals surface area contributed by atoms with E-state index in [9.17, 15) is 0 Å². The SMILES string of the molecule is COc1ccc(CN2CCC[C@@H]2c2cc(C)on2)cc1Br. The predicted molar refractivity (Wildman–Crippen MR) is 84.3 cm³/mol. The maximum atomic E-state index is 5.28. The first-order chi connectivity index (χ1) is 10.2. The predicted octanol–water partition coefficient (Wildman–Crippen LogP) is 4.09. The molecule has 0 unspecified atom stereocenters. The summed E-state index contributed by atoms with van der Waals surface area (Å²) in [6.07, 6.45) is 2.34. The zero-order valence-corrected chi connectivity index (χ0v) is 13.9. The molecule has 4 nitrogen and oxygen atoms in total. The van der Waals surface area contributed by atoms with Gasteiger partial charge in [0.2, 0.25) is 0 Å². The number of hydrogen-bond donors (Lipinski definition) is 0. The fourth-order valence-corrected chi connectivity index (χ4v) is 3.52. The lowest BCUT2D eigenvalue weighted by Gasteiger charge is -2.22. The molecule has 0 radical (unpaired) electrons. The van der Waals surface area contributed by atoms with Crippen molar-refractivity contribution in [1.29, 1.82) is 0 Å². The van der Waals surface area contributed by atoms with Crippen LogP contribution >= 0.6 is 15.9 Å². The topological polar surface area (TPSA) is 38.5 Å². The lowest BCUT2D eigenvalue weighted by Crippen LogP contribution is -2.23. The molecule has 1 fully saturated rings. The van der Waals surface area contributed by atoms with Crippen LogP contribution in [0.15, 0.2) is 33.3 Å². The van der Waals surface area contributed by atoms with Gasteiger partial charge < -0.3 is 9.26 Å². The van der Waals surface area contributed by atoms with Gasteiger partial charge in [-0.3, -0.25) is 4.90 Å². The second-order valence-corrected chi connectivity index (χ2v) is 6.31. The maximum absolute atomic E-state index is 5.28. The molecule has 112 valence electrons. The Morgan fingerprint density at radius 2 is 2.29 bits per heavy atom. The van der Waals surface area contributed by atoms with E-state index < -0.39 is 0 Å². The van der Waals surface area contributed by atoms with Gasteiger partial charge in [0.15, 0.2) is 0 Å². The van der Waals surface area contributed by atoms with E-state index in [0.717, 1.165) is 41.2 Å². The van der Waals surface area contributed by atoms with Gasteiger partial charge in [-0.1, -0.05) is 11.2 Å². The molecule has 0 saturated carbocycles. The number of hydrogen-bond acceptors (Lipinski definition) is 4. The minimum absolute atomic E-state index is 0.364. The summed E-state index contributed by atoms with van der Waals surface area (Å²) in [5.41, 5.74) is 2.33. The molecule has 2 aromatic rings. The number of aromatic nitrogens is 1. The zero-order valence-electron chi connectivity index (χ0n) is 12.3. The number of aryl methyl sites for hydroxylation is 1. The van der Waals surface area contributed by atoms with E-state index in [2.05, 4.69) is 38.1 Å². The van der Waals surface area contributed by atoms with Gasteiger partial charge in [0.25, 0.3) is 0 Å². The van der Waals surface area contributed by atoms with Crippen LogP contribution in [0.4, 0.5) is 0 Å². The molecule has 5 heteroatoms. The van der Waals surface area contributed by atoms with Crippen molar-refractivity contribution in [3.63, 3.8) is 0 Å². The average molecular weight is 351 g/mol. The Labute approximate surface area is 133 Å². The Morgan fingerprint density at radius 1 is 1.43 bits per heavy atom. The molecule has 0 aliphatic carbocycles. The summed E-state index contributed by atoms with van der Waals surface area (Å²) in [5, 5.41) is 4.19. The normalized spacial score (nSPS) is 19.1. The molecule has 3 rings (SSSR count). The number of ether oxygens (including phenoxy) is 1. The molecule has 0 N–H and O–H groups in total. The quantitative estimate of drug-likeness (QED) is 0.832. The van der Waals surface area contributed by atoms with Gasteiger partial charge in [0.05, 0.1) is 17.6 Å². The van der Waals surface area contributed by atoms with E-state index in [1.807, 2.05) is 19.1 Å². The lowest BCUT2D eigenvalue weighted by atomic mass is 10.1. The van der Waals surface area contributed by atoms with E-state index >= 15 is 0 Å². The smallest absolute Gasteiger partial charge is 0.133 e. The molecule has 0 spiro atoms. The number of halogens is 1. The van der Waals surface area contributed by atoms with Crippen LogP contribution in [0, 0.1) is 6.92 Å². The second-order valence-electron chi connectivity index (χ2n) is 5.46. The van der Waals surface area contributed by atoms with Crippen LogP contribution in [0.1, 0.15) is 35.9 Å². The Morgan fingerprint density at radius 3 is 2.95 bits per heavy atom. The second kappa shape index (κ2) is 6.20. The summed E-state index contributed by atoms with van der Waals surface area (Å²) in [6, 6.07) is 8.66. The van der Waals surface area contributed by atoms with Crippen LogP contribution in [0.3, 0.4) is 0 Å². The van der Waals surface area contributed by atoms with Crippen LogP contribution in [-0.2, 0) is 6.54 Å². The van der Waals surface area contributed by atoms with Crippen LogP contribution in [0.25, 0.3) is 0 Å². The van der Waals surface area contributed by atoms with Crippen molar-refractivity contribution in [3.8, 4) is 5.75 Å². The number of likely N-dealkylation sites (tertiary alicyclic amines) is 1. The molecule has 2 heterocycles. The van der Waals surface area contributed by atoms with Gasteiger partial charge in [-0.05, 0) is 59.9 Å². The monoisotopic (exact) mass is 350 g/mol. The molecule has 1 aromatic heterocycles. The molecule has 1 aliphatic heterocycles. The summed E-state index contributed by atoms with van der Waals surface area (Å²) >= 11 is 3.55. The van der Waals surface area contributed by atoms with E-state index in [4.69, 9.17) is 9.26 Å². The fourth-order valence-electron chi connectivity index (χ4n) is 2.94. The number of benzene rings is 1. The van der Waals surface area contributed by atoms with Gasteiger partial charge in [-0.25, -0.2) is 0 Å². The Kier molecular flexibility index (Phi) is 4.31.